The standard InChI is InChI=1S/C26H41N5/c1-18(12-15-31-17-30(6)24-22(31)23(27)28-16-29-24)9-10-21-19(2)11-14-25(4)20(3)8-7-13-26(21,25)5/h12,16,20-21H,2,7-11,13-15,17H2,1,3-6H3,(H2,27,28,29)/p+1/b18-12+/t20-,21-,25+,26+/m0/s1. The first kappa shape index (κ1) is 22.3. The molecule has 0 amide bonds. The van der Waals surface area contributed by atoms with E-state index in [9.17, 15) is 0 Å². The van der Waals surface area contributed by atoms with Crippen molar-refractivity contribution in [2.45, 2.75) is 72.6 Å². The van der Waals surface area contributed by atoms with Crippen molar-refractivity contribution in [1.82, 2.24) is 9.97 Å². The molecule has 5 atom stereocenters. The lowest BCUT2D eigenvalue weighted by Gasteiger charge is -2.61. The summed E-state index contributed by atoms with van der Waals surface area (Å²) >= 11 is 0. The Morgan fingerprint density at radius 2 is 2.10 bits per heavy atom. The lowest BCUT2D eigenvalue weighted by atomic mass is 9.43. The van der Waals surface area contributed by atoms with Crippen LogP contribution in [0.2, 0.25) is 0 Å². The van der Waals surface area contributed by atoms with Gasteiger partial charge in [0.25, 0.3) is 5.82 Å². The minimum Gasteiger partial charge on any atom is -0.382 e. The smallest absolute Gasteiger partial charge is 0.256 e. The third kappa shape index (κ3) is 3.69. The van der Waals surface area contributed by atoms with Crippen molar-refractivity contribution in [2.24, 2.45) is 22.7 Å². The van der Waals surface area contributed by atoms with Crippen molar-refractivity contribution in [3.63, 3.8) is 0 Å². The van der Waals surface area contributed by atoms with Gasteiger partial charge in [-0.15, -0.1) is 0 Å². The molecule has 1 unspecified atom stereocenters. The first-order chi connectivity index (χ1) is 14.7. The molecule has 2 saturated carbocycles. The lowest BCUT2D eigenvalue weighted by Crippen LogP contribution is -3.03. The van der Waals surface area contributed by atoms with E-state index in [0.717, 1.165) is 37.1 Å². The Labute approximate surface area is 188 Å². The molecule has 5 nitrogen and oxygen atoms in total. The Kier molecular flexibility index (Phi) is 5.93. The first-order valence-electron chi connectivity index (χ1n) is 12.2. The van der Waals surface area contributed by atoms with Crippen LogP contribution in [0.3, 0.4) is 0 Å². The summed E-state index contributed by atoms with van der Waals surface area (Å²) in [6.45, 7) is 16.3. The van der Waals surface area contributed by atoms with Crippen LogP contribution in [0.4, 0.5) is 17.3 Å². The van der Waals surface area contributed by atoms with Crippen molar-refractivity contribution in [3.05, 3.63) is 30.1 Å². The van der Waals surface area contributed by atoms with Gasteiger partial charge in [-0.05, 0) is 61.7 Å². The van der Waals surface area contributed by atoms with E-state index in [1.54, 1.807) is 6.33 Å². The predicted molar refractivity (Wildman–Crippen MR) is 129 cm³/mol. The zero-order valence-corrected chi connectivity index (χ0v) is 20.3. The molecule has 0 bridgehead atoms. The normalized spacial score (nSPS) is 35.8. The minimum atomic E-state index is 0.395. The van der Waals surface area contributed by atoms with Crippen LogP contribution in [-0.2, 0) is 0 Å². The summed E-state index contributed by atoms with van der Waals surface area (Å²) in [5, 5.41) is 0. The van der Waals surface area contributed by atoms with E-state index in [4.69, 9.17) is 5.73 Å². The van der Waals surface area contributed by atoms with E-state index in [2.05, 4.69) is 62.3 Å². The molecule has 1 aromatic rings. The number of anilines is 2. The van der Waals surface area contributed by atoms with Gasteiger partial charge in [0, 0.05) is 6.54 Å². The number of hydrogen-bond donors (Lipinski definition) is 2. The molecule has 2 aliphatic carbocycles. The molecular weight excluding hydrogens is 382 g/mol. The molecule has 5 heteroatoms. The molecule has 0 saturated heterocycles. The minimum absolute atomic E-state index is 0.395. The highest BCUT2D eigenvalue weighted by atomic mass is 15.4. The number of nitrogens with zero attached hydrogens (tertiary/aromatic N) is 3. The zero-order valence-electron chi connectivity index (χ0n) is 20.3. The largest absolute Gasteiger partial charge is 0.382 e. The summed E-state index contributed by atoms with van der Waals surface area (Å²) < 4.78 is 0. The van der Waals surface area contributed by atoms with Crippen LogP contribution in [0.15, 0.2) is 30.1 Å². The quantitative estimate of drug-likeness (QED) is 0.683. The third-order valence-corrected chi connectivity index (χ3v) is 9.44. The molecule has 0 spiro atoms. The van der Waals surface area contributed by atoms with Crippen molar-refractivity contribution in [2.75, 3.05) is 30.9 Å². The molecule has 0 radical (unpaired) electrons. The summed E-state index contributed by atoms with van der Waals surface area (Å²) in [6, 6.07) is 0. The highest BCUT2D eigenvalue weighted by Gasteiger charge is 2.56. The number of quaternary nitrogens is 1. The molecular formula is C26H42N5+. The van der Waals surface area contributed by atoms with E-state index in [1.165, 1.54) is 54.6 Å². The molecule has 4 rings (SSSR count). The SMILES string of the molecule is C=C1CC[C@]2(C)[C@@H](C)CCC[C@]2(C)[C@H]1CC/C(C)=C/CN1C[NH+](C)c2ncnc(N)c21. The van der Waals surface area contributed by atoms with E-state index < -0.39 is 0 Å². The van der Waals surface area contributed by atoms with Gasteiger partial charge in [-0.25, -0.2) is 4.98 Å². The Bertz CT molecular complexity index is 877. The Morgan fingerprint density at radius 1 is 1.32 bits per heavy atom. The Morgan fingerprint density at radius 3 is 2.87 bits per heavy atom. The van der Waals surface area contributed by atoms with Gasteiger partial charge in [0.05, 0.1) is 7.05 Å². The van der Waals surface area contributed by atoms with Crippen LogP contribution < -0.4 is 15.5 Å². The van der Waals surface area contributed by atoms with Crippen LogP contribution in [0.5, 0.6) is 0 Å². The Balaban J connectivity index is 1.43. The molecule has 1 aliphatic heterocycles. The average molecular weight is 425 g/mol. The molecule has 1 aromatic heterocycles. The maximum absolute atomic E-state index is 6.17. The fourth-order valence-electron chi connectivity index (χ4n) is 6.97. The van der Waals surface area contributed by atoms with Gasteiger partial charge in [0.1, 0.15) is 6.33 Å². The maximum atomic E-state index is 6.17. The molecule has 0 aromatic carbocycles. The summed E-state index contributed by atoms with van der Waals surface area (Å²) in [5.74, 6) is 3.06. The van der Waals surface area contributed by atoms with Crippen molar-refractivity contribution >= 4 is 17.3 Å². The number of nitrogens with two attached hydrogens (primary N) is 1. The van der Waals surface area contributed by atoms with Gasteiger partial charge < -0.3 is 10.6 Å². The van der Waals surface area contributed by atoms with Crippen LogP contribution in [-0.4, -0.2) is 30.2 Å². The van der Waals surface area contributed by atoms with Crippen molar-refractivity contribution < 1.29 is 4.90 Å². The fourth-order valence-corrected chi connectivity index (χ4v) is 6.97. The number of hydrogen-bond acceptors (Lipinski definition) is 4. The number of aromatic nitrogens is 2. The van der Waals surface area contributed by atoms with Crippen molar-refractivity contribution in [1.29, 1.82) is 0 Å². The second-order valence-electron chi connectivity index (χ2n) is 11.0. The summed E-state index contributed by atoms with van der Waals surface area (Å²) in [4.78, 5) is 12.2. The Hall–Kier alpha value is -1.88. The van der Waals surface area contributed by atoms with Crippen LogP contribution in [0, 0.1) is 22.7 Å². The van der Waals surface area contributed by atoms with E-state index in [0.29, 0.717) is 22.6 Å². The van der Waals surface area contributed by atoms with Crippen molar-refractivity contribution in [3.8, 4) is 0 Å². The van der Waals surface area contributed by atoms with Crippen LogP contribution >= 0.6 is 0 Å². The molecule has 2 fully saturated rings. The predicted octanol–water partition coefficient (Wildman–Crippen LogP) is 4.51. The van der Waals surface area contributed by atoms with Gasteiger partial charge in [-0.1, -0.05) is 57.4 Å². The first-order valence-corrected chi connectivity index (χ1v) is 12.2. The number of nitrogens with one attached hydrogen (secondary N) is 1. The molecule has 2 heterocycles. The highest BCUT2D eigenvalue weighted by molar-refractivity contribution is 5.73. The van der Waals surface area contributed by atoms with Gasteiger partial charge in [0.15, 0.2) is 18.2 Å². The van der Waals surface area contributed by atoms with Crippen LogP contribution in [0.1, 0.15) is 72.6 Å². The third-order valence-electron chi connectivity index (χ3n) is 9.44. The average Bonchev–Trinajstić information content (AvgIpc) is 3.05. The lowest BCUT2D eigenvalue weighted by molar-refractivity contribution is -0.805. The van der Waals surface area contributed by atoms with Crippen LogP contribution in [0.25, 0.3) is 0 Å². The topological polar surface area (TPSA) is 59.5 Å². The van der Waals surface area contributed by atoms with E-state index in [-0.39, 0.29) is 0 Å². The number of allylic oxidation sites excluding steroid dienone is 2. The fraction of sp³-hybridized carbons (Fsp3) is 0.692. The van der Waals surface area contributed by atoms with Gasteiger partial charge in [-0.3, -0.25) is 4.90 Å². The number of rotatable bonds is 5. The molecule has 3 aliphatic rings. The second-order valence-corrected chi connectivity index (χ2v) is 11.0. The molecule has 170 valence electrons. The molecule has 3 N–H and O–H groups in total. The number of nitrogen functional groups attached to an aromatic ring is 1. The number of fused-ring (bicyclic) bond motifs is 2. The van der Waals surface area contributed by atoms with Gasteiger partial charge >= 0.3 is 0 Å². The summed E-state index contributed by atoms with van der Waals surface area (Å²) in [6.07, 6.45) is 13.0. The van der Waals surface area contributed by atoms with Gasteiger partial charge in [0.2, 0.25) is 0 Å². The monoisotopic (exact) mass is 424 g/mol. The highest BCUT2D eigenvalue weighted by Crippen LogP contribution is 2.65. The van der Waals surface area contributed by atoms with E-state index >= 15 is 0 Å². The molecule has 31 heavy (non-hydrogen) atoms. The maximum Gasteiger partial charge on any atom is 0.256 e. The van der Waals surface area contributed by atoms with E-state index in [1.807, 2.05) is 0 Å². The summed E-state index contributed by atoms with van der Waals surface area (Å²) in [7, 11) is 2.14. The summed E-state index contributed by atoms with van der Waals surface area (Å²) in [5.41, 5.74) is 11.0. The second kappa shape index (κ2) is 8.23. The zero-order chi connectivity index (χ0) is 22.4. The van der Waals surface area contributed by atoms with Gasteiger partial charge in [-0.2, -0.15) is 4.98 Å².